The number of alkyl halides is 3. The van der Waals surface area contributed by atoms with Crippen molar-refractivity contribution in [1.29, 1.82) is 0 Å². The zero-order chi connectivity index (χ0) is 23.4. The van der Waals surface area contributed by atoms with E-state index >= 15 is 0 Å². The molecule has 2 aromatic carbocycles. The number of nitrogens with zero attached hydrogens (tertiary/aromatic N) is 1. The highest BCUT2D eigenvalue weighted by Crippen LogP contribution is 2.31. The van der Waals surface area contributed by atoms with E-state index in [0.29, 0.717) is 23.8 Å². The van der Waals surface area contributed by atoms with Crippen LogP contribution >= 0.6 is 11.3 Å². The topological polar surface area (TPSA) is 114 Å². The van der Waals surface area contributed by atoms with Crippen molar-refractivity contribution in [3.63, 3.8) is 0 Å². The molecular weight excluding hydrogens is 465 g/mol. The van der Waals surface area contributed by atoms with Crippen molar-refractivity contribution in [2.75, 3.05) is 11.9 Å². The minimum absolute atomic E-state index is 0.0170. The number of sulfonamides is 1. The predicted molar refractivity (Wildman–Crippen MR) is 115 cm³/mol. The van der Waals surface area contributed by atoms with E-state index in [9.17, 15) is 26.4 Å². The molecule has 0 aliphatic rings. The van der Waals surface area contributed by atoms with Crippen LogP contribution in [0.4, 0.5) is 24.0 Å². The van der Waals surface area contributed by atoms with Crippen molar-refractivity contribution < 1.29 is 26.4 Å². The molecule has 0 saturated heterocycles. The number of hydrogen-bond donors (Lipinski definition) is 3. The highest BCUT2D eigenvalue weighted by Gasteiger charge is 2.30. The van der Waals surface area contributed by atoms with E-state index in [1.165, 1.54) is 35.6 Å². The summed E-state index contributed by atoms with van der Waals surface area (Å²) in [6.07, 6.45) is -3.92. The van der Waals surface area contributed by atoms with Crippen LogP contribution in [0, 0.1) is 0 Å². The third kappa shape index (κ3) is 6.77. The van der Waals surface area contributed by atoms with Crippen molar-refractivity contribution in [3.05, 3.63) is 70.7 Å². The van der Waals surface area contributed by atoms with Gasteiger partial charge in [-0.25, -0.2) is 18.5 Å². The maximum atomic E-state index is 12.8. The number of rotatable bonds is 8. The SMILES string of the molecule is NS(=O)(=O)c1ccc(CCNC(=O)Cc2csc(Nc3cccc(C(F)(F)F)c3)n2)cc1. The van der Waals surface area contributed by atoms with Gasteiger partial charge in [0.2, 0.25) is 15.9 Å². The molecule has 1 aromatic heterocycles. The number of carbonyl (C=O) groups is 1. The molecule has 0 fully saturated rings. The summed E-state index contributed by atoms with van der Waals surface area (Å²) < 4.78 is 60.9. The number of aromatic nitrogens is 1. The number of nitrogens with two attached hydrogens (primary N) is 1. The van der Waals surface area contributed by atoms with Crippen LogP contribution in [-0.4, -0.2) is 25.9 Å². The Morgan fingerprint density at radius 3 is 2.50 bits per heavy atom. The lowest BCUT2D eigenvalue weighted by molar-refractivity contribution is -0.137. The molecule has 0 unspecified atom stereocenters. The van der Waals surface area contributed by atoms with E-state index in [0.717, 1.165) is 17.7 Å². The Kier molecular flexibility index (Phi) is 7.16. The molecule has 0 saturated carbocycles. The van der Waals surface area contributed by atoms with E-state index in [4.69, 9.17) is 5.14 Å². The fraction of sp³-hybridized carbons (Fsp3) is 0.200. The number of nitrogens with one attached hydrogen (secondary N) is 2. The molecule has 3 rings (SSSR count). The Labute approximate surface area is 186 Å². The minimum Gasteiger partial charge on any atom is -0.355 e. The molecule has 7 nitrogen and oxygen atoms in total. The quantitative estimate of drug-likeness (QED) is 0.453. The molecule has 0 atom stereocenters. The molecule has 1 amide bonds. The zero-order valence-corrected chi connectivity index (χ0v) is 18.2. The number of thiazole rings is 1. The van der Waals surface area contributed by atoms with Crippen molar-refractivity contribution in [2.45, 2.75) is 23.9 Å². The summed E-state index contributed by atoms with van der Waals surface area (Å²) in [5.41, 5.74) is 0.801. The number of halogens is 3. The van der Waals surface area contributed by atoms with Gasteiger partial charge in [-0.05, 0) is 42.3 Å². The molecule has 0 spiro atoms. The first-order valence-electron chi connectivity index (χ1n) is 9.28. The van der Waals surface area contributed by atoms with E-state index in [-0.39, 0.29) is 22.9 Å². The monoisotopic (exact) mass is 484 g/mol. The molecule has 0 aliphatic heterocycles. The van der Waals surface area contributed by atoms with E-state index in [2.05, 4.69) is 15.6 Å². The molecule has 4 N–H and O–H groups in total. The highest BCUT2D eigenvalue weighted by atomic mass is 32.2. The number of anilines is 2. The summed E-state index contributed by atoms with van der Waals surface area (Å²) >= 11 is 1.18. The van der Waals surface area contributed by atoms with Crippen molar-refractivity contribution >= 4 is 38.1 Å². The lowest BCUT2D eigenvalue weighted by Gasteiger charge is -2.09. The van der Waals surface area contributed by atoms with E-state index < -0.39 is 21.8 Å². The van der Waals surface area contributed by atoms with Crippen LogP contribution in [-0.2, 0) is 33.8 Å². The van der Waals surface area contributed by atoms with Gasteiger partial charge >= 0.3 is 6.18 Å². The van der Waals surface area contributed by atoms with Gasteiger partial charge in [-0.15, -0.1) is 11.3 Å². The van der Waals surface area contributed by atoms with Gasteiger partial charge in [-0.1, -0.05) is 18.2 Å². The molecule has 0 radical (unpaired) electrons. The average molecular weight is 485 g/mol. The van der Waals surface area contributed by atoms with E-state index in [1.807, 2.05) is 0 Å². The first-order chi connectivity index (χ1) is 15.0. The summed E-state index contributed by atoms with van der Waals surface area (Å²) in [5, 5.41) is 12.6. The number of primary sulfonamides is 1. The lowest BCUT2D eigenvalue weighted by atomic mass is 10.1. The fourth-order valence-corrected chi connectivity index (χ4v) is 4.01. The summed E-state index contributed by atoms with van der Waals surface area (Å²) in [6, 6.07) is 10.8. The van der Waals surface area contributed by atoms with Crippen molar-refractivity contribution in [1.82, 2.24) is 10.3 Å². The second kappa shape index (κ2) is 9.67. The van der Waals surface area contributed by atoms with Crippen LogP contribution in [0.15, 0.2) is 58.8 Å². The molecule has 12 heteroatoms. The van der Waals surface area contributed by atoms with Gasteiger partial charge in [-0.2, -0.15) is 13.2 Å². The highest BCUT2D eigenvalue weighted by molar-refractivity contribution is 7.89. The third-order valence-electron chi connectivity index (χ3n) is 4.32. The normalized spacial score (nSPS) is 11.9. The average Bonchev–Trinajstić information content (AvgIpc) is 3.14. The minimum atomic E-state index is -4.44. The number of benzene rings is 2. The van der Waals surface area contributed by atoms with Gasteiger partial charge in [0.1, 0.15) is 0 Å². The second-order valence-electron chi connectivity index (χ2n) is 6.81. The molecule has 0 aliphatic carbocycles. The van der Waals surface area contributed by atoms with Gasteiger partial charge in [0.05, 0.1) is 22.6 Å². The van der Waals surface area contributed by atoms with E-state index in [1.54, 1.807) is 17.5 Å². The lowest BCUT2D eigenvalue weighted by Crippen LogP contribution is -2.27. The van der Waals surface area contributed by atoms with Crippen molar-refractivity contribution in [3.8, 4) is 0 Å². The summed E-state index contributed by atoms with van der Waals surface area (Å²) in [5.74, 6) is -0.262. The van der Waals surface area contributed by atoms with Gasteiger partial charge in [0, 0.05) is 17.6 Å². The van der Waals surface area contributed by atoms with Gasteiger partial charge in [0.25, 0.3) is 0 Å². The van der Waals surface area contributed by atoms with Crippen LogP contribution in [0.3, 0.4) is 0 Å². The van der Waals surface area contributed by atoms with Gasteiger partial charge < -0.3 is 10.6 Å². The molecule has 0 bridgehead atoms. The summed E-state index contributed by atoms with van der Waals surface area (Å²) in [6.45, 7) is 0.340. The predicted octanol–water partition coefficient (Wildman–Crippen LogP) is 3.45. The summed E-state index contributed by atoms with van der Waals surface area (Å²) in [7, 11) is -3.75. The molecule has 170 valence electrons. The van der Waals surface area contributed by atoms with Crippen LogP contribution < -0.4 is 15.8 Å². The smallest absolute Gasteiger partial charge is 0.355 e. The molecule has 3 aromatic rings. The van der Waals surface area contributed by atoms with Gasteiger partial charge in [0.15, 0.2) is 5.13 Å². The number of hydrogen-bond acceptors (Lipinski definition) is 6. The first-order valence-corrected chi connectivity index (χ1v) is 11.7. The Bertz CT molecular complexity index is 1190. The van der Waals surface area contributed by atoms with Crippen molar-refractivity contribution in [2.24, 2.45) is 5.14 Å². The van der Waals surface area contributed by atoms with Crippen LogP contribution in [0.25, 0.3) is 0 Å². The Morgan fingerprint density at radius 1 is 1.12 bits per heavy atom. The van der Waals surface area contributed by atoms with Crippen LogP contribution in [0.1, 0.15) is 16.8 Å². The molecule has 32 heavy (non-hydrogen) atoms. The van der Waals surface area contributed by atoms with Crippen LogP contribution in [0.5, 0.6) is 0 Å². The Hall–Kier alpha value is -2.96. The van der Waals surface area contributed by atoms with Gasteiger partial charge in [-0.3, -0.25) is 4.79 Å². The first kappa shape index (κ1) is 23.7. The molecular formula is C20H19F3N4O3S2. The maximum Gasteiger partial charge on any atom is 0.416 e. The maximum absolute atomic E-state index is 12.8. The Morgan fingerprint density at radius 2 is 1.84 bits per heavy atom. The summed E-state index contributed by atoms with van der Waals surface area (Å²) in [4.78, 5) is 16.4. The third-order valence-corrected chi connectivity index (χ3v) is 6.06. The number of amides is 1. The second-order valence-corrected chi connectivity index (χ2v) is 9.23. The number of carbonyl (C=O) groups excluding carboxylic acids is 1. The van der Waals surface area contributed by atoms with Crippen LogP contribution in [0.2, 0.25) is 0 Å². The molecule has 1 heterocycles. The zero-order valence-electron chi connectivity index (χ0n) is 16.5. The fourth-order valence-electron chi connectivity index (χ4n) is 2.76. The standard InChI is InChI=1S/C20H19F3N4O3S2/c21-20(22,23)14-2-1-3-15(10-14)26-19-27-16(12-31-19)11-18(28)25-9-8-13-4-6-17(7-5-13)32(24,29)30/h1-7,10,12H,8-9,11H2,(H,25,28)(H,26,27)(H2,24,29,30). The largest absolute Gasteiger partial charge is 0.416 e. The Balaban J connectivity index is 1.48.